The van der Waals surface area contributed by atoms with Crippen molar-refractivity contribution < 1.29 is 4.74 Å². The standard InChI is InChI=1S/C20H35N5O/c1-8-25(9-2)18-11-12-19(20(15-18)26-10-3)24(7)22-17(4)16-23(6)14-13-21-5/h11-15,21H,8-10,16H2,1-7H3/b14-13-,22-17+. The number of hydrazone groups is 1. The minimum atomic E-state index is 0.628. The first kappa shape index (κ1) is 21.7. The summed E-state index contributed by atoms with van der Waals surface area (Å²) in [5.74, 6) is 0.861. The van der Waals surface area contributed by atoms with E-state index in [1.807, 2.05) is 52.4 Å². The van der Waals surface area contributed by atoms with Crippen LogP contribution >= 0.6 is 0 Å². The Kier molecular flexibility index (Phi) is 9.41. The summed E-state index contributed by atoms with van der Waals surface area (Å²) < 4.78 is 5.89. The number of hydrogen-bond donors (Lipinski definition) is 1. The highest BCUT2D eigenvalue weighted by Gasteiger charge is 2.12. The average molecular weight is 362 g/mol. The van der Waals surface area contributed by atoms with Crippen LogP contribution in [0.1, 0.15) is 27.7 Å². The van der Waals surface area contributed by atoms with E-state index in [1.54, 1.807) is 0 Å². The Bertz CT molecular complexity index is 596. The normalized spacial score (nSPS) is 11.6. The van der Waals surface area contributed by atoms with Gasteiger partial charge in [0, 0.05) is 58.4 Å². The van der Waals surface area contributed by atoms with Gasteiger partial charge in [-0.25, -0.2) is 0 Å². The van der Waals surface area contributed by atoms with Crippen LogP contribution in [0, 0.1) is 0 Å². The Balaban J connectivity index is 3.00. The first-order chi connectivity index (χ1) is 12.5. The van der Waals surface area contributed by atoms with E-state index in [2.05, 4.69) is 47.2 Å². The fourth-order valence-electron chi connectivity index (χ4n) is 2.78. The molecular formula is C20H35N5O. The molecular weight excluding hydrogens is 326 g/mol. The van der Waals surface area contributed by atoms with Crippen molar-refractivity contribution in [2.75, 3.05) is 57.3 Å². The summed E-state index contributed by atoms with van der Waals surface area (Å²) in [6.45, 7) is 11.7. The lowest BCUT2D eigenvalue weighted by Crippen LogP contribution is -2.23. The van der Waals surface area contributed by atoms with Crippen molar-refractivity contribution in [3.63, 3.8) is 0 Å². The second kappa shape index (κ2) is 11.3. The van der Waals surface area contributed by atoms with Gasteiger partial charge >= 0.3 is 0 Å². The molecule has 1 N–H and O–H groups in total. The van der Waals surface area contributed by atoms with E-state index >= 15 is 0 Å². The lowest BCUT2D eigenvalue weighted by Gasteiger charge is -2.24. The molecule has 1 rings (SSSR count). The van der Waals surface area contributed by atoms with Crippen LogP contribution in [-0.2, 0) is 0 Å². The third kappa shape index (κ3) is 6.50. The first-order valence-corrected chi connectivity index (χ1v) is 9.30. The molecule has 0 aliphatic carbocycles. The van der Waals surface area contributed by atoms with Gasteiger partial charge in [-0.15, -0.1) is 0 Å². The van der Waals surface area contributed by atoms with Crippen LogP contribution in [0.5, 0.6) is 5.75 Å². The molecule has 0 fully saturated rings. The molecule has 0 aliphatic rings. The minimum absolute atomic E-state index is 0.628. The summed E-state index contributed by atoms with van der Waals surface area (Å²) >= 11 is 0. The lowest BCUT2D eigenvalue weighted by atomic mass is 10.2. The molecule has 0 aliphatic heterocycles. The molecule has 0 heterocycles. The second-order valence-corrected chi connectivity index (χ2v) is 6.14. The van der Waals surface area contributed by atoms with Gasteiger partial charge in [0.2, 0.25) is 0 Å². The molecule has 0 aromatic heterocycles. The zero-order valence-electron chi connectivity index (χ0n) is 17.4. The molecule has 0 saturated heterocycles. The van der Waals surface area contributed by atoms with E-state index in [4.69, 9.17) is 9.84 Å². The van der Waals surface area contributed by atoms with E-state index in [0.29, 0.717) is 6.61 Å². The third-order valence-corrected chi connectivity index (χ3v) is 4.02. The number of benzene rings is 1. The lowest BCUT2D eigenvalue weighted by molar-refractivity contribution is 0.341. The zero-order valence-corrected chi connectivity index (χ0v) is 17.4. The zero-order chi connectivity index (χ0) is 19.5. The largest absolute Gasteiger partial charge is 0.492 e. The van der Waals surface area contributed by atoms with Crippen LogP contribution in [0.2, 0.25) is 0 Å². The molecule has 1 aromatic rings. The highest BCUT2D eigenvalue weighted by molar-refractivity contribution is 5.85. The molecule has 0 radical (unpaired) electrons. The van der Waals surface area contributed by atoms with Crippen molar-refractivity contribution in [3.05, 3.63) is 30.6 Å². The van der Waals surface area contributed by atoms with Gasteiger partial charge < -0.3 is 19.9 Å². The number of nitrogens with zero attached hydrogens (tertiary/aromatic N) is 4. The second-order valence-electron chi connectivity index (χ2n) is 6.14. The molecule has 0 bridgehead atoms. The van der Waals surface area contributed by atoms with Crippen molar-refractivity contribution in [2.24, 2.45) is 5.10 Å². The van der Waals surface area contributed by atoms with Crippen molar-refractivity contribution in [1.82, 2.24) is 10.2 Å². The van der Waals surface area contributed by atoms with Crippen LogP contribution in [-0.4, -0.2) is 58.0 Å². The Morgan fingerprint density at radius 2 is 1.88 bits per heavy atom. The fraction of sp³-hybridized carbons (Fsp3) is 0.550. The monoisotopic (exact) mass is 361 g/mol. The van der Waals surface area contributed by atoms with Crippen LogP contribution in [0.25, 0.3) is 0 Å². The van der Waals surface area contributed by atoms with E-state index < -0.39 is 0 Å². The van der Waals surface area contributed by atoms with E-state index in [9.17, 15) is 0 Å². The first-order valence-electron chi connectivity index (χ1n) is 9.30. The van der Waals surface area contributed by atoms with Crippen LogP contribution in [0.3, 0.4) is 0 Å². The number of anilines is 2. The van der Waals surface area contributed by atoms with Crippen molar-refractivity contribution >= 4 is 17.1 Å². The van der Waals surface area contributed by atoms with Crippen LogP contribution in [0.15, 0.2) is 35.7 Å². The van der Waals surface area contributed by atoms with Crippen LogP contribution in [0.4, 0.5) is 11.4 Å². The van der Waals surface area contributed by atoms with Gasteiger partial charge in [-0.3, -0.25) is 5.01 Å². The molecule has 146 valence electrons. The molecule has 6 nitrogen and oxygen atoms in total. The molecule has 6 heteroatoms. The maximum atomic E-state index is 5.89. The van der Waals surface area contributed by atoms with E-state index in [-0.39, 0.29) is 0 Å². The van der Waals surface area contributed by atoms with Crippen molar-refractivity contribution in [1.29, 1.82) is 0 Å². The van der Waals surface area contributed by atoms with Crippen molar-refractivity contribution in [2.45, 2.75) is 27.7 Å². The molecule has 0 unspecified atom stereocenters. The summed E-state index contributed by atoms with van der Waals surface area (Å²) in [4.78, 5) is 4.39. The Labute approximate surface area is 159 Å². The summed E-state index contributed by atoms with van der Waals surface area (Å²) in [6.07, 6.45) is 3.89. The summed E-state index contributed by atoms with van der Waals surface area (Å²) in [7, 11) is 5.87. The molecule has 0 atom stereocenters. The fourth-order valence-corrected chi connectivity index (χ4v) is 2.78. The smallest absolute Gasteiger partial charge is 0.146 e. The highest BCUT2D eigenvalue weighted by Crippen LogP contribution is 2.32. The molecule has 0 spiro atoms. The molecule has 0 amide bonds. The van der Waals surface area contributed by atoms with Crippen LogP contribution < -0.4 is 20.0 Å². The highest BCUT2D eigenvalue weighted by atomic mass is 16.5. The van der Waals surface area contributed by atoms with Gasteiger partial charge in [0.1, 0.15) is 11.4 Å². The Morgan fingerprint density at radius 3 is 2.46 bits per heavy atom. The van der Waals surface area contributed by atoms with Gasteiger partial charge in [0.05, 0.1) is 18.9 Å². The van der Waals surface area contributed by atoms with Gasteiger partial charge in [-0.2, -0.15) is 5.10 Å². The Hall–Kier alpha value is -2.37. The minimum Gasteiger partial charge on any atom is -0.492 e. The maximum absolute atomic E-state index is 5.89. The number of hydrogen-bond acceptors (Lipinski definition) is 6. The predicted octanol–water partition coefficient (Wildman–Crippen LogP) is 3.37. The number of rotatable bonds is 11. The summed E-state index contributed by atoms with van der Waals surface area (Å²) in [6, 6.07) is 6.32. The quantitative estimate of drug-likeness (QED) is 0.484. The molecule has 0 saturated carbocycles. The van der Waals surface area contributed by atoms with Crippen molar-refractivity contribution in [3.8, 4) is 5.75 Å². The topological polar surface area (TPSA) is 43.3 Å². The van der Waals surface area contributed by atoms with E-state index in [0.717, 1.165) is 36.8 Å². The SMILES string of the molecule is CCOc1cc(N(CC)CC)ccc1N(C)/N=C(\C)CN(C)/C=C\NC. The third-order valence-electron chi connectivity index (χ3n) is 4.02. The predicted molar refractivity (Wildman–Crippen MR) is 114 cm³/mol. The number of nitrogens with one attached hydrogen (secondary N) is 1. The van der Waals surface area contributed by atoms with Gasteiger partial charge in [-0.1, -0.05) is 0 Å². The number of ether oxygens (including phenoxy) is 1. The average Bonchev–Trinajstić information content (AvgIpc) is 2.61. The Morgan fingerprint density at radius 1 is 1.19 bits per heavy atom. The summed E-state index contributed by atoms with van der Waals surface area (Å²) in [5.41, 5.74) is 3.16. The van der Waals surface area contributed by atoms with Gasteiger partial charge in [0.15, 0.2) is 0 Å². The van der Waals surface area contributed by atoms with Gasteiger partial charge in [0.25, 0.3) is 0 Å². The van der Waals surface area contributed by atoms with Gasteiger partial charge in [-0.05, 0) is 39.8 Å². The maximum Gasteiger partial charge on any atom is 0.146 e. The summed E-state index contributed by atoms with van der Waals surface area (Å²) in [5, 5.41) is 9.60. The molecule has 26 heavy (non-hydrogen) atoms. The molecule has 1 aromatic carbocycles. The van der Waals surface area contributed by atoms with E-state index in [1.165, 1.54) is 5.69 Å².